The maximum atomic E-state index is 10.9. The van der Waals surface area contributed by atoms with Crippen LogP contribution in [0.2, 0.25) is 5.15 Å². The number of nitrogen functional groups attached to an aromatic ring is 1. The minimum atomic E-state index is -0.166. The smallest absolute Gasteiger partial charge is 0.164 e. The summed E-state index contributed by atoms with van der Waals surface area (Å²) in [4.78, 5) is 14.6. The van der Waals surface area contributed by atoms with E-state index in [1.165, 1.54) is 13.1 Å². The number of ketones is 1. The summed E-state index contributed by atoms with van der Waals surface area (Å²) < 4.78 is 0. The topological polar surface area (TPSA) is 56.0 Å². The molecule has 3 nitrogen and oxygen atoms in total. The Morgan fingerprint density at radius 1 is 1.73 bits per heavy atom. The molecular formula is C7H7ClN2O. The van der Waals surface area contributed by atoms with Crippen molar-refractivity contribution in [2.75, 3.05) is 5.73 Å². The third-order valence-corrected chi connectivity index (χ3v) is 1.58. The third-order valence-electron chi connectivity index (χ3n) is 1.29. The summed E-state index contributed by atoms with van der Waals surface area (Å²) in [6.07, 6.45) is 1.46. The Balaban J connectivity index is 3.32. The monoisotopic (exact) mass is 170 g/mol. The predicted molar refractivity (Wildman–Crippen MR) is 43.7 cm³/mol. The van der Waals surface area contributed by atoms with Gasteiger partial charge in [0.15, 0.2) is 5.78 Å². The quantitative estimate of drug-likeness (QED) is 0.514. The van der Waals surface area contributed by atoms with Gasteiger partial charge >= 0.3 is 0 Å². The molecule has 58 valence electrons. The molecule has 2 N–H and O–H groups in total. The zero-order valence-electron chi connectivity index (χ0n) is 5.97. The van der Waals surface area contributed by atoms with Crippen LogP contribution >= 0.6 is 11.6 Å². The van der Waals surface area contributed by atoms with Gasteiger partial charge in [0.25, 0.3) is 0 Å². The molecular weight excluding hydrogens is 164 g/mol. The van der Waals surface area contributed by atoms with Gasteiger partial charge in [0, 0.05) is 11.9 Å². The fourth-order valence-corrected chi connectivity index (χ4v) is 1.10. The second kappa shape index (κ2) is 2.88. The Kier molecular flexibility index (Phi) is 2.10. The summed E-state index contributed by atoms with van der Waals surface area (Å²) in [7, 11) is 0. The Hall–Kier alpha value is -1.09. The van der Waals surface area contributed by atoms with Crippen LogP contribution in [0.4, 0.5) is 5.69 Å². The zero-order chi connectivity index (χ0) is 8.43. The van der Waals surface area contributed by atoms with E-state index >= 15 is 0 Å². The maximum absolute atomic E-state index is 10.9. The number of hydrogen-bond donors (Lipinski definition) is 1. The lowest BCUT2D eigenvalue weighted by atomic mass is 10.2. The molecule has 1 aromatic heterocycles. The molecule has 0 radical (unpaired) electrons. The second-order valence-electron chi connectivity index (χ2n) is 2.12. The Morgan fingerprint density at radius 3 is 2.73 bits per heavy atom. The van der Waals surface area contributed by atoms with Crippen LogP contribution in [0.5, 0.6) is 0 Å². The molecule has 0 unspecified atom stereocenters. The van der Waals surface area contributed by atoms with Gasteiger partial charge in [-0.15, -0.1) is 0 Å². The van der Waals surface area contributed by atoms with E-state index in [4.69, 9.17) is 17.3 Å². The van der Waals surface area contributed by atoms with Gasteiger partial charge in [-0.3, -0.25) is 4.79 Å². The van der Waals surface area contributed by atoms with E-state index in [1.807, 2.05) is 0 Å². The largest absolute Gasteiger partial charge is 0.398 e. The van der Waals surface area contributed by atoms with Crippen LogP contribution in [-0.2, 0) is 0 Å². The molecule has 4 heteroatoms. The second-order valence-corrected chi connectivity index (χ2v) is 2.48. The average molecular weight is 171 g/mol. The van der Waals surface area contributed by atoms with Crippen LogP contribution in [0, 0.1) is 0 Å². The van der Waals surface area contributed by atoms with Crippen molar-refractivity contribution in [2.45, 2.75) is 6.92 Å². The van der Waals surface area contributed by atoms with Gasteiger partial charge in [-0.2, -0.15) is 0 Å². The highest BCUT2D eigenvalue weighted by Gasteiger charge is 2.09. The lowest BCUT2D eigenvalue weighted by Gasteiger charge is -2.01. The van der Waals surface area contributed by atoms with Crippen molar-refractivity contribution >= 4 is 23.1 Å². The maximum Gasteiger partial charge on any atom is 0.164 e. The molecule has 0 aliphatic rings. The molecule has 0 aromatic carbocycles. The molecule has 1 aromatic rings. The lowest BCUT2D eigenvalue weighted by Crippen LogP contribution is -2.01. The summed E-state index contributed by atoms with van der Waals surface area (Å²) >= 11 is 5.61. The Morgan fingerprint density at radius 2 is 2.36 bits per heavy atom. The number of anilines is 1. The standard InChI is InChI=1S/C7H7ClN2O/c1-4(11)6-5(9)2-3-10-7(6)8/h2-3H,1H3,(H2,9,10). The summed E-state index contributed by atoms with van der Waals surface area (Å²) in [6, 6.07) is 1.54. The molecule has 0 amide bonds. The molecule has 0 saturated carbocycles. The van der Waals surface area contributed by atoms with Crippen molar-refractivity contribution in [1.82, 2.24) is 4.98 Å². The number of nitrogens with two attached hydrogens (primary N) is 1. The van der Waals surface area contributed by atoms with Crippen LogP contribution in [-0.4, -0.2) is 10.8 Å². The molecule has 0 bridgehead atoms. The number of hydrogen-bond acceptors (Lipinski definition) is 3. The van der Waals surface area contributed by atoms with Gasteiger partial charge in [-0.25, -0.2) is 4.98 Å². The number of pyridine rings is 1. The van der Waals surface area contributed by atoms with Gasteiger partial charge < -0.3 is 5.73 Å². The van der Waals surface area contributed by atoms with Gasteiger partial charge in [-0.05, 0) is 13.0 Å². The first-order valence-corrected chi connectivity index (χ1v) is 3.41. The van der Waals surface area contributed by atoms with Crippen molar-refractivity contribution in [1.29, 1.82) is 0 Å². The predicted octanol–water partition coefficient (Wildman–Crippen LogP) is 1.52. The first-order valence-electron chi connectivity index (χ1n) is 3.04. The van der Waals surface area contributed by atoms with Crippen molar-refractivity contribution in [3.8, 4) is 0 Å². The van der Waals surface area contributed by atoms with E-state index in [-0.39, 0.29) is 10.9 Å². The van der Waals surface area contributed by atoms with Crippen molar-refractivity contribution in [2.24, 2.45) is 0 Å². The van der Waals surface area contributed by atoms with Crippen LogP contribution in [0.1, 0.15) is 17.3 Å². The molecule has 1 rings (SSSR count). The lowest BCUT2D eigenvalue weighted by molar-refractivity contribution is 0.101. The van der Waals surface area contributed by atoms with Gasteiger partial charge in [0.05, 0.1) is 5.56 Å². The molecule has 11 heavy (non-hydrogen) atoms. The molecule has 0 saturated heterocycles. The number of aromatic nitrogens is 1. The van der Waals surface area contributed by atoms with E-state index < -0.39 is 0 Å². The van der Waals surface area contributed by atoms with Crippen LogP contribution < -0.4 is 5.73 Å². The first-order chi connectivity index (χ1) is 5.13. The fraction of sp³-hybridized carbons (Fsp3) is 0.143. The van der Waals surface area contributed by atoms with Gasteiger partial charge in [-0.1, -0.05) is 11.6 Å². The average Bonchev–Trinajstić information content (AvgIpc) is 1.85. The number of halogens is 1. The summed E-state index contributed by atoms with van der Waals surface area (Å²) in [5, 5.41) is 0.164. The molecule has 0 spiro atoms. The van der Waals surface area contributed by atoms with Crippen molar-refractivity contribution < 1.29 is 4.79 Å². The van der Waals surface area contributed by atoms with Crippen LogP contribution in [0.15, 0.2) is 12.3 Å². The minimum absolute atomic E-state index is 0.164. The summed E-state index contributed by atoms with van der Waals surface area (Å²) in [6.45, 7) is 1.40. The van der Waals surface area contributed by atoms with Crippen LogP contribution in [0.3, 0.4) is 0 Å². The summed E-state index contributed by atoms with van der Waals surface area (Å²) in [5.41, 5.74) is 6.15. The molecule has 0 fully saturated rings. The third kappa shape index (κ3) is 1.49. The number of rotatable bonds is 1. The Bertz CT molecular complexity index is 278. The number of carbonyl (C=O) groups excluding carboxylic acids is 1. The number of nitrogens with zero attached hydrogens (tertiary/aromatic N) is 1. The number of carbonyl (C=O) groups is 1. The normalized spacial score (nSPS) is 9.64. The number of Topliss-reactive ketones (excluding diaryl/α,β-unsaturated/α-hetero) is 1. The molecule has 0 aliphatic heterocycles. The first kappa shape index (κ1) is 8.01. The van der Waals surface area contributed by atoms with E-state index in [0.29, 0.717) is 11.3 Å². The van der Waals surface area contributed by atoms with Gasteiger partial charge in [0.1, 0.15) is 5.15 Å². The fourth-order valence-electron chi connectivity index (χ4n) is 0.799. The van der Waals surface area contributed by atoms with Crippen molar-refractivity contribution in [3.05, 3.63) is 23.0 Å². The highest BCUT2D eigenvalue weighted by atomic mass is 35.5. The zero-order valence-corrected chi connectivity index (χ0v) is 6.72. The van der Waals surface area contributed by atoms with E-state index in [2.05, 4.69) is 4.98 Å². The van der Waals surface area contributed by atoms with Crippen LogP contribution in [0.25, 0.3) is 0 Å². The highest BCUT2D eigenvalue weighted by molar-refractivity contribution is 6.33. The summed E-state index contributed by atoms with van der Waals surface area (Å²) in [5.74, 6) is -0.166. The van der Waals surface area contributed by atoms with E-state index in [9.17, 15) is 4.79 Å². The SMILES string of the molecule is CC(=O)c1c(N)ccnc1Cl. The van der Waals surface area contributed by atoms with Gasteiger partial charge in [0.2, 0.25) is 0 Å². The highest BCUT2D eigenvalue weighted by Crippen LogP contribution is 2.19. The molecule has 1 heterocycles. The van der Waals surface area contributed by atoms with E-state index in [1.54, 1.807) is 6.07 Å². The molecule has 0 atom stereocenters. The van der Waals surface area contributed by atoms with E-state index in [0.717, 1.165) is 0 Å². The van der Waals surface area contributed by atoms with Crippen molar-refractivity contribution in [3.63, 3.8) is 0 Å². The molecule has 0 aliphatic carbocycles. The minimum Gasteiger partial charge on any atom is -0.398 e. The Labute approximate surface area is 69.2 Å².